The summed E-state index contributed by atoms with van der Waals surface area (Å²) in [5.74, 6) is -1.93. The number of carboxylic acid groups (broad SMARTS) is 1. The van der Waals surface area contributed by atoms with Crippen LogP contribution < -0.4 is 0 Å². The fraction of sp³-hybridized carbons (Fsp3) is 0.867. The highest BCUT2D eigenvalue weighted by Crippen LogP contribution is 2.33. The van der Waals surface area contributed by atoms with Crippen molar-refractivity contribution < 1.29 is 19.8 Å². The van der Waals surface area contributed by atoms with E-state index in [2.05, 4.69) is 0 Å². The Hall–Kier alpha value is -1.10. The summed E-state index contributed by atoms with van der Waals surface area (Å²) in [7, 11) is 1.72. The van der Waals surface area contributed by atoms with Crippen LogP contribution in [-0.2, 0) is 9.59 Å². The number of aliphatic hydroxyl groups excluding tert-OH is 1. The van der Waals surface area contributed by atoms with Crippen molar-refractivity contribution >= 4 is 11.9 Å². The van der Waals surface area contributed by atoms with Crippen molar-refractivity contribution in [3.63, 3.8) is 0 Å². The van der Waals surface area contributed by atoms with Gasteiger partial charge in [-0.1, -0.05) is 25.7 Å². The summed E-state index contributed by atoms with van der Waals surface area (Å²) in [6, 6.07) is -0.146. The van der Waals surface area contributed by atoms with Crippen molar-refractivity contribution in [1.29, 1.82) is 0 Å². The molecule has 0 saturated heterocycles. The minimum atomic E-state index is -0.861. The van der Waals surface area contributed by atoms with Crippen molar-refractivity contribution in [3.05, 3.63) is 0 Å². The lowest BCUT2D eigenvalue weighted by molar-refractivity contribution is -0.154. The van der Waals surface area contributed by atoms with E-state index in [0.29, 0.717) is 12.8 Å². The molecule has 0 spiro atoms. The van der Waals surface area contributed by atoms with Crippen molar-refractivity contribution in [3.8, 4) is 0 Å². The van der Waals surface area contributed by atoms with E-state index < -0.39 is 23.9 Å². The molecule has 0 aromatic rings. The van der Waals surface area contributed by atoms with Crippen molar-refractivity contribution in [2.24, 2.45) is 11.8 Å². The van der Waals surface area contributed by atoms with Gasteiger partial charge in [0, 0.05) is 7.05 Å². The van der Waals surface area contributed by atoms with Crippen LogP contribution in [0.25, 0.3) is 0 Å². The van der Waals surface area contributed by atoms with E-state index in [4.69, 9.17) is 0 Å². The van der Waals surface area contributed by atoms with Crippen LogP contribution in [0.4, 0.5) is 0 Å². The molecular formula is C15H25NO4. The normalized spacial score (nSPS) is 34.5. The van der Waals surface area contributed by atoms with E-state index >= 15 is 0 Å². The molecule has 4 unspecified atom stereocenters. The summed E-state index contributed by atoms with van der Waals surface area (Å²) < 4.78 is 0. The highest BCUT2D eigenvalue weighted by molar-refractivity contribution is 5.85. The average molecular weight is 283 g/mol. The maximum Gasteiger partial charge on any atom is 0.307 e. The number of amides is 1. The largest absolute Gasteiger partial charge is 0.481 e. The van der Waals surface area contributed by atoms with Crippen LogP contribution in [0.5, 0.6) is 0 Å². The van der Waals surface area contributed by atoms with Crippen LogP contribution in [0.3, 0.4) is 0 Å². The Bertz CT molecular complexity index is 371. The second-order valence-corrected chi connectivity index (χ2v) is 6.20. The molecule has 2 rings (SSSR count). The first-order chi connectivity index (χ1) is 9.52. The van der Waals surface area contributed by atoms with Crippen LogP contribution in [0.2, 0.25) is 0 Å². The van der Waals surface area contributed by atoms with Gasteiger partial charge in [-0.15, -0.1) is 0 Å². The molecule has 20 heavy (non-hydrogen) atoms. The Morgan fingerprint density at radius 3 is 2.10 bits per heavy atom. The molecular weight excluding hydrogens is 258 g/mol. The Kier molecular flexibility index (Phi) is 5.02. The standard InChI is InChI=1S/C15H25NO4/c1-16(12-8-4-5-9-13(12)17)14(18)10-6-2-3-7-11(10)15(19)20/h10-13,17H,2-9H2,1H3,(H,19,20). The molecule has 5 heteroatoms. The monoisotopic (exact) mass is 283 g/mol. The Morgan fingerprint density at radius 1 is 0.950 bits per heavy atom. The Labute approximate surface area is 120 Å². The third-order valence-corrected chi connectivity index (χ3v) is 4.94. The van der Waals surface area contributed by atoms with Crippen LogP contribution in [0.15, 0.2) is 0 Å². The second-order valence-electron chi connectivity index (χ2n) is 6.20. The van der Waals surface area contributed by atoms with Crippen LogP contribution in [0, 0.1) is 11.8 Å². The van der Waals surface area contributed by atoms with Crippen molar-refractivity contribution in [2.75, 3.05) is 7.05 Å². The number of carbonyl (C=O) groups excluding carboxylic acids is 1. The summed E-state index contributed by atoms with van der Waals surface area (Å²) in [6.45, 7) is 0. The quantitative estimate of drug-likeness (QED) is 0.825. The third-order valence-electron chi connectivity index (χ3n) is 4.94. The van der Waals surface area contributed by atoms with Gasteiger partial charge in [-0.05, 0) is 25.7 Å². The molecule has 114 valence electrons. The minimum absolute atomic E-state index is 0.0944. The number of nitrogens with zero attached hydrogens (tertiary/aromatic N) is 1. The van der Waals surface area contributed by atoms with Gasteiger partial charge in [0.25, 0.3) is 0 Å². The molecule has 2 N–H and O–H groups in total. The number of aliphatic carboxylic acids is 1. The highest BCUT2D eigenvalue weighted by atomic mass is 16.4. The number of hydrogen-bond acceptors (Lipinski definition) is 3. The minimum Gasteiger partial charge on any atom is -0.481 e. The zero-order chi connectivity index (χ0) is 14.7. The first kappa shape index (κ1) is 15.3. The van der Waals surface area contributed by atoms with E-state index in [1.165, 1.54) is 0 Å². The van der Waals surface area contributed by atoms with E-state index in [0.717, 1.165) is 38.5 Å². The average Bonchev–Trinajstić information content (AvgIpc) is 2.46. The molecule has 0 aliphatic heterocycles. The topological polar surface area (TPSA) is 77.8 Å². The first-order valence-corrected chi connectivity index (χ1v) is 7.70. The fourth-order valence-corrected chi connectivity index (χ4v) is 3.69. The molecule has 1 amide bonds. The zero-order valence-corrected chi connectivity index (χ0v) is 12.1. The SMILES string of the molecule is CN(C(=O)C1CCCCC1C(=O)O)C1CCCCC1O. The van der Waals surface area contributed by atoms with Gasteiger partial charge >= 0.3 is 5.97 Å². The molecule has 2 aliphatic rings. The molecule has 0 heterocycles. The van der Waals surface area contributed by atoms with Gasteiger partial charge in [-0.3, -0.25) is 9.59 Å². The molecule has 4 atom stereocenters. The van der Waals surface area contributed by atoms with Gasteiger partial charge in [-0.25, -0.2) is 0 Å². The number of rotatable bonds is 3. The fourth-order valence-electron chi connectivity index (χ4n) is 3.69. The number of carbonyl (C=O) groups is 2. The number of aliphatic hydroxyl groups is 1. The van der Waals surface area contributed by atoms with Crippen molar-refractivity contribution in [1.82, 2.24) is 4.90 Å². The first-order valence-electron chi connectivity index (χ1n) is 7.70. The molecule has 0 bridgehead atoms. The van der Waals surface area contributed by atoms with Gasteiger partial charge in [0.2, 0.25) is 5.91 Å². The van der Waals surface area contributed by atoms with Gasteiger partial charge in [0.1, 0.15) is 0 Å². The van der Waals surface area contributed by atoms with E-state index in [-0.39, 0.29) is 11.9 Å². The predicted molar refractivity (Wildman–Crippen MR) is 74.1 cm³/mol. The van der Waals surface area contributed by atoms with Gasteiger partial charge in [0.15, 0.2) is 0 Å². The molecule has 2 fully saturated rings. The second kappa shape index (κ2) is 6.57. The maximum atomic E-state index is 12.6. The van der Waals surface area contributed by atoms with Crippen LogP contribution in [0.1, 0.15) is 51.4 Å². The Morgan fingerprint density at radius 2 is 1.50 bits per heavy atom. The molecule has 2 aliphatic carbocycles. The molecule has 0 aromatic carbocycles. The number of likely N-dealkylation sites (N-methyl/N-ethyl adjacent to an activating group) is 1. The number of hydrogen-bond donors (Lipinski definition) is 2. The van der Waals surface area contributed by atoms with E-state index in [9.17, 15) is 19.8 Å². The molecule has 5 nitrogen and oxygen atoms in total. The molecule has 0 aromatic heterocycles. The molecule has 0 radical (unpaired) electrons. The lowest BCUT2D eigenvalue weighted by atomic mass is 9.78. The summed E-state index contributed by atoms with van der Waals surface area (Å²) in [5.41, 5.74) is 0. The van der Waals surface area contributed by atoms with Gasteiger partial charge < -0.3 is 15.1 Å². The summed E-state index contributed by atoms with van der Waals surface area (Å²) in [5, 5.41) is 19.3. The van der Waals surface area contributed by atoms with Gasteiger partial charge in [-0.2, -0.15) is 0 Å². The smallest absolute Gasteiger partial charge is 0.307 e. The Balaban J connectivity index is 2.06. The molecule has 2 saturated carbocycles. The van der Waals surface area contributed by atoms with Crippen molar-refractivity contribution in [2.45, 2.75) is 63.5 Å². The predicted octanol–water partition coefficient (Wildman–Crippen LogP) is 1.64. The summed E-state index contributed by atoms with van der Waals surface area (Å²) in [4.78, 5) is 25.5. The van der Waals surface area contributed by atoms with E-state index in [1.54, 1.807) is 11.9 Å². The lowest BCUT2D eigenvalue weighted by Gasteiger charge is -2.38. The highest BCUT2D eigenvalue weighted by Gasteiger charge is 2.39. The summed E-state index contributed by atoms with van der Waals surface area (Å²) in [6.07, 6.45) is 6.15. The zero-order valence-electron chi connectivity index (χ0n) is 12.1. The summed E-state index contributed by atoms with van der Waals surface area (Å²) >= 11 is 0. The van der Waals surface area contributed by atoms with E-state index in [1.807, 2.05) is 0 Å². The lowest BCUT2D eigenvalue weighted by Crippen LogP contribution is -2.50. The van der Waals surface area contributed by atoms with Gasteiger partial charge in [0.05, 0.1) is 24.0 Å². The maximum absolute atomic E-state index is 12.6. The third kappa shape index (κ3) is 3.14. The number of carboxylic acids is 1. The van der Waals surface area contributed by atoms with Crippen LogP contribution in [-0.4, -0.2) is 46.2 Å². The van der Waals surface area contributed by atoms with Crippen LogP contribution >= 0.6 is 0 Å².